The zero-order valence-electron chi connectivity index (χ0n) is 14.4. The zero-order valence-corrected chi connectivity index (χ0v) is 15.2. The first kappa shape index (κ1) is 17.7. The molecular weight excluding hydrogens is 336 g/mol. The van der Waals surface area contributed by atoms with E-state index in [0.717, 1.165) is 31.0 Å². The number of hydrogen-bond donors (Lipinski definition) is 1. The van der Waals surface area contributed by atoms with Gasteiger partial charge in [0.05, 0.1) is 11.5 Å². The number of benzene rings is 1. The molecule has 1 atom stereocenters. The van der Waals surface area contributed by atoms with Gasteiger partial charge in [-0.2, -0.15) is 0 Å². The van der Waals surface area contributed by atoms with E-state index < -0.39 is 9.84 Å². The van der Waals surface area contributed by atoms with Gasteiger partial charge in [-0.05, 0) is 24.8 Å². The maximum absolute atomic E-state index is 11.7. The second kappa shape index (κ2) is 7.82. The van der Waals surface area contributed by atoms with Gasteiger partial charge in [0.25, 0.3) is 0 Å². The van der Waals surface area contributed by atoms with Crippen LogP contribution >= 0.6 is 0 Å². The molecule has 0 amide bonds. The Morgan fingerprint density at radius 2 is 2.04 bits per heavy atom. The van der Waals surface area contributed by atoms with E-state index in [2.05, 4.69) is 39.6 Å². The molecule has 1 aromatic heterocycles. The zero-order chi connectivity index (χ0) is 17.7. The first-order valence-corrected chi connectivity index (χ1v) is 10.4. The van der Waals surface area contributed by atoms with Gasteiger partial charge in [-0.1, -0.05) is 30.3 Å². The molecule has 1 aliphatic heterocycles. The summed E-state index contributed by atoms with van der Waals surface area (Å²) >= 11 is 0. The van der Waals surface area contributed by atoms with E-state index in [9.17, 15) is 8.42 Å². The Hall–Kier alpha value is -2.15. The number of aryl methyl sites for hydroxylation is 1. The van der Waals surface area contributed by atoms with Gasteiger partial charge in [0.2, 0.25) is 0 Å². The summed E-state index contributed by atoms with van der Waals surface area (Å²) in [5, 5.41) is 3.32. The number of aromatic nitrogens is 2. The summed E-state index contributed by atoms with van der Waals surface area (Å²) in [6.45, 7) is 0.826. The van der Waals surface area contributed by atoms with E-state index in [1.54, 1.807) is 0 Å². The molecule has 0 radical (unpaired) electrons. The number of anilines is 2. The lowest BCUT2D eigenvalue weighted by atomic mass is 10.1. The summed E-state index contributed by atoms with van der Waals surface area (Å²) in [6.07, 6.45) is 4.21. The fourth-order valence-electron chi connectivity index (χ4n) is 3.06. The van der Waals surface area contributed by atoms with E-state index >= 15 is 0 Å². The summed E-state index contributed by atoms with van der Waals surface area (Å²) < 4.78 is 23.3. The molecule has 134 valence electrons. The molecule has 1 unspecified atom stereocenters. The molecule has 0 aliphatic carbocycles. The Labute approximate surface area is 149 Å². The topological polar surface area (TPSA) is 75.2 Å². The van der Waals surface area contributed by atoms with Crippen LogP contribution in [0.4, 0.5) is 11.6 Å². The van der Waals surface area contributed by atoms with Crippen LogP contribution in [0.3, 0.4) is 0 Å². The monoisotopic (exact) mass is 360 g/mol. The fourth-order valence-corrected chi connectivity index (χ4v) is 4.83. The molecule has 1 aliphatic rings. The van der Waals surface area contributed by atoms with Gasteiger partial charge >= 0.3 is 0 Å². The third kappa shape index (κ3) is 4.92. The summed E-state index contributed by atoms with van der Waals surface area (Å²) in [5.74, 6) is 1.99. The lowest BCUT2D eigenvalue weighted by Gasteiger charge is -2.24. The normalized spacial score (nSPS) is 18.8. The van der Waals surface area contributed by atoms with E-state index in [1.807, 2.05) is 24.1 Å². The maximum Gasteiger partial charge on any atom is 0.152 e. The highest BCUT2D eigenvalue weighted by atomic mass is 32.2. The van der Waals surface area contributed by atoms with Crippen LogP contribution < -0.4 is 10.2 Å². The van der Waals surface area contributed by atoms with Gasteiger partial charge in [-0.25, -0.2) is 18.4 Å². The fraction of sp³-hybridized carbons (Fsp3) is 0.444. The first-order chi connectivity index (χ1) is 12.0. The average molecular weight is 360 g/mol. The quantitative estimate of drug-likeness (QED) is 0.763. The van der Waals surface area contributed by atoms with Crippen LogP contribution in [-0.2, 0) is 16.3 Å². The lowest BCUT2D eigenvalue weighted by Crippen LogP contribution is -2.33. The molecule has 2 aromatic rings. The Morgan fingerprint density at radius 3 is 2.76 bits per heavy atom. The smallest absolute Gasteiger partial charge is 0.152 e. The van der Waals surface area contributed by atoms with Crippen molar-refractivity contribution in [2.24, 2.45) is 0 Å². The molecule has 0 spiro atoms. The molecule has 0 saturated carbocycles. The highest BCUT2D eigenvalue weighted by Gasteiger charge is 2.31. The highest BCUT2D eigenvalue weighted by Crippen LogP contribution is 2.22. The molecule has 0 bridgehead atoms. The minimum atomic E-state index is -2.90. The molecular formula is C18H24N4O2S. The van der Waals surface area contributed by atoms with Gasteiger partial charge < -0.3 is 10.2 Å². The standard InChI is InChI=1S/C18H24N4O2S/c1-22(16-9-11-25(23,24)13-16)18-12-17(20-14-21-18)19-10-5-8-15-6-3-2-4-7-15/h2-4,6-7,12,14,16H,5,8-11,13H2,1H3,(H,19,20,21). The molecule has 1 N–H and O–H groups in total. The Bertz CT molecular complexity index is 796. The van der Waals surface area contributed by atoms with Crippen LogP contribution in [0.5, 0.6) is 0 Å². The first-order valence-electron chi connectivity index (χ1n) is 8.56. The maximum atomic E-state index is 11.7. The second-order valence-electron chi connectivity index (χ2n) is 6.45. The predicted molar refractivity (Wildman–Crippen MR) is 101 cm³/mol. The van der Waals surface area contributed by atoms with Crippen molar-refractivity contribution in [2.75, 3.05) is 35.3 Å². The Kier molecular flexibility index (Phi) is 5.53. The number of nitrogens with one attached hydrogen (secondary N) is 1. The van der Waals surface area contributed by atoms with Crippen molar-refractivity contribution in [3.63, 3.8) is 0 Å². The van der Waals surface area contributed by atoms with Crippen molar-refractivity contribution in [1.82, 2.24) is 9.97 Å². The number of hydrogen-bond acceptors (Lipinski definition) is 6. The molecule has 7 heteroatoms. The highest BCUT2D eigenvalue weighted by molar-refractivity contribution is 7.91. The molecule has 3 rings (SSSR count). The lowest BCUT2D eigenvalue weighted by molar-refractivity contribution is 0.600. The third-order valence-electron chi connectivity index (χ3n) is 4.56. The van der Waals surface area contributed by atoms with Crippen LogP contribution in [0, 0.1) is 0 Å². The second-order valence-corrected chi connectivity index (χ2v) is 8.67. The number of sulfone groups is 1. The van der Waals surface area contributed by atoms with Crippen LogP contribution in [0.25, 0.3) is 0 Å². The van der Waals surface area contributed by atoms with E-state index in [-0.39, 0.29) is 17.5 Å². The number of nitrogens with zero attached hydrogens (tertiary/aromatic N) is 3. The van der Waals surface area contributed by atoms with Crippen molar-refractivity contribution in [3.05, 3.63) is 48.3 Å². The van der Waals surface area contributed by atoms with E-state index in [1.165, 1.54) is 11.9 Å². The molecule has 25 heavy (non-hydrogen) atoms. The molecule has 1 saturated heterocycles. The molecule has 1 fully saturated rings. The van der Waals surface area contributed by atoms with Crippen molar-refractivity contribution in [3.8, 4) is 0 Å². The minimum Gasteiger partial charge on any atom is -0.370 e. The van der Waals surface area contributed by atoms with Crippen molar-refractivity contribution in [2.45, 2.75) is 25.3 Å². The number of rotatable bonds is 7. The summed E-state index contributed by atoms with van der Waals surface area (Å²) in [5.41, 5.74) is 1.33. The SMILES string of the molecule is CN(c1cc(NCCCc2ccccc2)ncn1)C1CCS(=O)(=O)C1. The molecule has 6 nitrogen and oxygen atoms in total. The van der Waals surface area contributed by atoms with Gasteiger partial charge in [0.1, 0.15) is 18.0 Å². The predicted octanol–water partition coefficient (Wildman–Crippen LogP) is 2.14. The van der Waals surface area contributed by atoms with Crippen LogP contribution in [0.2, 0.25) is 0 Å². The minimum absolute atomic E-state index is 0.00849. The van der Waals surface area contributed by atoms with Gasteiger partial charge in [0.15, 0.2) is 9.84 Å². The van der Waals surface area contributed by atoms with Crippen LogP contribution in [-0.4, -0.2) is 49.5 Å². The van der Waals surface area contributed by atoms with Crippen LogP contribution in [0.15, 0.2) is 42.7 Å². The summed E-state index contributed by atoms with van der Waals surface area (Å²) in [6, 6.07) is 12.3. The largest absolute Gasteiger partial charge is 0.370 e. The summed E-state index contributed by atoms with van der Waals surface area (Å²) in [7, 11) is -1.01. The average Bonchev–Trinajstić information content (AvgIpc) is 2.99. The Balaban J connectivity index is 1.53. The van der Waals surface area contributed by atoms with Gasteiger partial charge in [-0.3, -0.25) is 0 Å². The summed E-state index contributed by atoms with van der Waals surface area (Å²) in [4.78, 5) is 10.5. The van der Waals surface area contributed by atoms with Crippen LogP contribution in [0.1, 0.15) is 18.4 Å². The van der Waals surface area contributed by atoms with Crippen molar-refractivity contribution >= 4 is 21.5 Å². The van der Waals surface area contributed by atoms with Crippen molar-refractivity contribution < 1.29 is 8.42 Å². The van der Waals surface area contributed by atoms with E-state index in [4.69, 9.17) is 0 Å². The third-order valence-corrected chi connectivity index (χ3v) is 6.31. The Morgan fingerprint density at radius 1 is 1.24 bits per heavy atom. The molecule has 1 aromatic carbocycles. The molecule has 2 heterocycles. The van der Waals surface area contributed by atoms with E-state index in [0.29, 0.717) is 6.42 Å². The van der Waals surface area contributed by atoms with Gasteiger partial charge in [0, 0.05) is 25.7 Å². The van der Waals surface area contributed by atoms with Crippen molar-refractivity contribution in [1.29, 1.82) is 0 Å². The van der Waals surface area contributed by atoms with Gasteiger partial charge in [-0.15, -0.1) is 0 Å².